The van der Waals surface area contributed by atoms with Gasteiger partial charge in [-0.05, 0) is 11.6 Å². The Bertz CT molecular complexity index is 561. The van der Waals surface area contributed by atoms with Gasteiger partial charge in [0.1, 0.15) is 6.04 Å². The Kier molecular flexibility index (Phi) is 5.93. The van der Waals surface area contributed by atoms with Gasteiger partial charge in [0.25, 0.3) is 0 Å². The molecule has 2 nitrogen and oxygen atoms in total. The molecule has 1 N–H and O–H groups in total. The van der Waals surface area contributed by atoms with Gasteiger partial charge in [0.05, 0.1) is 20.6 Å². The minimum Gasteiger partial charge on any atom is -0.318 e. The molecule has 2 rings (SSSR count). The van der Waals surface area contributed by atoms with E-state index in [1.807, 2.05) is 0 Å². The number of benzene rings is 2. The predicted molar refractivity (Wildman–Crippen MR) is 94.5 cm³/mol. The average Bonchev–Trinajstić information content (AvgIpc) is 2.54. The highest BCUT2D eigenvalue weighted by molar-refractivity contribution is 5.20. The average molecular weight is 295 g/mol. The van der Waals surface area contributed by atoms with E-state index in [0.717, 1.165) is 24.1 Å². The lowest BCUT2D eigenvalue weighted by Gasteiger charge is -2.37. The number of hydrogen-bond donors (Lipinski definition) is 1. The summed E-state index contributed by atoms with van der Waals surface area (Å²) in [6, 6.07) is 21.5. The monoisotopic (exact) mass is 295 g/mol. The van der Waals surface area contributed by atoms with Gasteiger partial charge in [-0.25, -0.2) is 0 Å². The van der Waals surface area contributed by atoms with Crippen LogP contribution in [0.25, 0.3) is 0 Å². The Labute approximate surface area is 134 Å². The van der Waals surface area contributed by atoms with Gasteiger partial charge in [-0.1, -0.05) is 67.2 Å². The molecule has 0 radical (unpaired) electrons. The van der Waals surface area contributed by atoms with Crippen LogP contribution in [0.2, 0.25) is 0 Å². The quantitative estimate of drug-likeness (QED) is 0.444. The van der Waals surface area contributed by atoms with E-state index in [1.165, 1.54) is 11.1 Å². The third kappa shape index (κ3) is 4.55. The van der Waals surface area contributed by atoms with E-state index in [1.54, 1.807) is 0 Å². The Morgan fingerprint density at radius 2 is 1.59 bits per heavy atom. The molecule has 0 heterocycles. The van der Waals surface area contributed by atoms with Crippen molar-refractivity contribution < 1.29 is 4.48 Å². The van der Waals surface area contributed by atoms with E-state index >= 15 is 0 Å². The molecule has 0 aliphatic rings. The molecule has 0 aliphatic carbocycles. The second kappa shape index (κ2) is 7.92. The summed E-state index contributed by atoms with van der Waals surface area (Å²) in [6.07, 6.45) is 2.06. The highest BCUT2D eigenvalue weighted by atomic mass is 15.3. The minimum atomic E-state index is 0.319. The van der Waals surface area contributed by atoms with E-state index < -0.39 is 0 Å². The first-order valence-corrected chi connectivity index (χ1v) is 7.88. The molecule has 1 unspecified atom stereocenters. The molecule has 22 heavy (non-hydrogen) atoms. The first-order valence-electron chi connectivity index (χ1n) is 7.88. The zero-order chi connectivity index (χ0) is 15.8. The summed E-state index contributed by atoms with van der Waals surface area (Å²) < 4.78 is 0.898. The second-order valence-corrected chi connectivity index (χ2v) is 6.26. The fourth-order valence-corrected chi connectivity index (χ4v) is 2.81. The van der Waals surface area contributed by atoms with E-state index in [2.05, 4.69) is 92.7 Å². The normalized spacial score (nSPS) is 12.8. The molecule has 0 saturated carbocycles. The fourth-order valence-electron chi connectivity index (χ4n) is 2.81. The van der Waals surface area contributed by atoms with Crippen molar-refractivity contribution in [3.05, 3.63) is 84.4 Å². The second-order valence-electron chi connectivity index (χ2n) is 6.26. The lowest BCUT2D eigenvalue weighted by Crippen LogP contribution is -2.46. The van der Waals surface area contributed by atoms with Crippen molar-refractivity contribution in [1.82, 2.24) is 5.32 Å². The van der Waals surface area contributed by atoms with Crippen molar-refractivity contribution in [2.24, 2.45) is 0 Å². The van der Waals surface area contributed by atoms with E-state index in [-0.39, 0.29) is 0 Å². The van der Waals surface area contributed by atoms with Crippen LogP contribution in [0.4, 0.5) is 0 Å². The Hall–Kier alpha value is -1.90. The third-order valence-electron chi connectivity index (χ3n) is 4.15. The van der Waals surface area contributed by atoms with Crippen molar-refractivity contribution in [3.63, 3.8) is 0 Å². The van der Waals surface area contributed by atoms with Crippen LogP contribution >= 0.6 is 0 Å². The number of nitrogens with zero attached hydrogens (tertiary/aromatic N) is 1. The SMILES string of the molecule is C=CC(c1ccccc1)[N+](C)(C)CCNCc1ccccc1. The van der Waals surface area contributed by atoms with Gasteiger partial charge < -0.3 is 9.80 Å². The lowest BCUT2D eigenvalue weighted by molar-refractivity contribution is -0.913. The van der Waals surface area contributed by atoms with Gasteiger partial charge in [0.2, 0.25) is 0 Å². The molecule has 0 amide bonds. The summed E-state index contributed by atoms with van der Waals surface area (Å²) in [4.78, 5) is 0. The van der Waals surface area contributed by atoms with Gasteiger partial charge in [0.15, 0.2) is 0 Å². The molecule has 0 aliphatic heterocycles. The summed E-state index contributed by atoms with van der Waals surface area (Å²) in [5.74, 6) is 0. The van der Waals surface area contributed by atoms with Gasteiger partial charge in [-0.3, -0.25) is 0 Å². The maximum atomic E-state index is 4.04. The maximum Gasteiger partial charge on any atom is 0.133 e. The van der Waals surface area contributed by atoms with E-state index in [4.69, 9.17) is 0 Å². The molecule has 0 fully saturated rings. The first kappa shape index (κ1) is 16.5. The predicted octanol–water partition coefficient (Wildman–Crippen LogP) is 3.78. The van der Waals surface area contributed by atoms with Crippen LogP contribution in [0.15, 0.2) is 73.3 Å². The van der Waals surface area contributed by atoms with Gasteiger partial charge in [-0.15, -0.1) is 0 Å². The van der Waals surface area contributed by atoms with Crippen molar-refractivity contribution in [2.75, 3.05) is 27.2 Å². The number of likely N-dealkylation sites (N-methyl/N-ethyl adjacent to an activating group) is 1. The Morgan fingerprint density at radius 1 is 1.00 bits per heavy atom. The molecular formula is C20H27N2+. The lowest BCUT2D eigenvalue weighted by atomic mass is 10.0. The highest BCUT2D eigenvalue weighted by Gasteiger charge is 2.26. The summed E-state index contributed by atoms with van der Waals surface area (Å²) in [6.45, 7) is 7.00. The number of quaternary nitrogens is 1. The maximum absolute atomic E-state index is 4.04. The number of hydrogen-bond acceptors (Lipinski definition) is 1. The standard InChI is InChI=1S/C20H27N2/c1-4-20(19-13-9-6-10-14-19)22(2,3)16-15-21-17-18-11-7-5-8-12-18/h4-14,20-21H,1,15-17H2,2-3H3/q+1. The Morgan fingerprint density at radius 3 is 2.18 bits per heavy atom. The fraction of sp³-hybridized carbons (Fsp3) is 0.300. The molecule has 0 aromatic heterocycles. The van der Waals surface area contributed by atoms with Crippen LogP contribution in [-0.4, -0.2) is 31.7 Å². The molecule has 116 valence electrons. The Balaban J connectivity index is 1.88. The van der Waals surface area contributed by atoms with Crippen LogP contribution in [0.1, 0.15) is 17.2 Å². The van der Waals surface area contributed by atoms with Gasteiger partial charge >= 0.3 is 0 Å². The zero-order valence-electron chi connectivity index (χ0n) is 13.7. The van der Waals surface area contributed by atoms with Crippen LogP contribution < -0.4 is 5.32 Å². The van der Waals surface area contributed by atoms with Crippen molar-refractivity contribution in [3.8, 4) is 0 Å². The van der Waals surface area contributed by atoms with E-state index in [0.29, 0.717) is 6.04 Å². The summed E-state index contributed by atoms with van der Waals surface area (Å²) in [7, 11) is 4.53. The largest absolute Gasteiger partial charge is 0.318 e. The summed E-state index contributed by atoms with van der Waals surface area (Å²) in [5, 5.41) is 3.54. The third-order valence-corrected chi connectivity index (χ3v) is 4.15. The van der Waals surface area contributed by atoms with E-state index in [9.17, 15) is 0 Å². The van der Waals surface area contributed by atoms with Crippen LogP contribution in [-0.2, 0) is 6.54 Å². The minimum absolute atomic E-state index is 0.319. The zero-order valence-corrected chi connectivity index (χ0v) is 13.7. The van der Waals surface area contributed by atoms with Crippen LogP contribution in [0.3, 0.4) is 0 Å². The molecule has 1 atom stereocenters. The van der Waals surface area contributed by atoms with Crippen molar-refractivity contribution in [2.45, 2.75) is 12.6 Å². The molecule has 0 spiro atoms. The molecular weight excluding hydrogens is 268 g/mol. The molecule has 2 aromatic carbocycles. The molecule has 0 bridgehead atoms. The molecule has 2 heteroatoms. The van der Waals surface area contributed by atoms with Crippen LogP contribution in [0.5, 0.6) is 0 Å². The topological polar surface area (TPSA) is 12.0 Å². The number of rotatable bonds is 8. The molecule has 0 saturated heterocycles. The highest BCUT2D eigenvalue weighted by Crippen LogP contribution is 2.25. The summed E-state index contributed by atoms with van der Waals surface area (Å²) >= 11 is 0. The molecule has 2 aromatic rings. The van der Waals surface area contributed by atoms with Gasteiger partial charge in [0, 0.05) is 18.7 Å². The van der Waals surface area contributed by atoms with Crippen molar-refractivity contribution >= 4 is 0 Å². The smallest absolute Gasteiger partial charge is 0.133 e. The first-order chi connectivity index (χ1) is 10.6. The number of nitrogens with one attached hydrogen (secondary N) is 1. The van der Waals surface area contributed by atoms with Crippen molar-refractivity contribution in [1.29, 1.82) is 0 Å². The van der Waals surface area contributed by atoms with Crippen LogP contribution in [0, 0.1) is 0 Å². The summed E-state index contributed by atoms with van der Waals surface area (Å²) in [5.41, 5.74) is 2.65. The van der Waals surface area contributed by atoms with Gasteiger partial charge in [-0.2, -0.15) is 0 Å².